The van der Waals surface area contributed by atoms with Gasteiger partial charge in [-0.1, -0.05) is 41.9 Å². The molecule has 0 amide bonds. The van der Waals surface area contributed by atoms with Crippen LogP contribution in [0.5, 0.6) is 0 Å². The molecule has 1 saturated heterocycles. The summed E-state index contributed by atoms with van der Waals surface area (Å²) >= 11 is 3.40. The molecule has 1 aromatic carbocycles. The van der Waals surface area contributed by atoms with Gasteiger partial charge in [0.1, 0.15) is 0 Å². The third kappa shape index (κ3) is 6.04. The Hall–Kier alpha value is -0.420. The highest BCUT2D eigenvalue weighted by molar-refractivity contribution is 9.10. The summed E-state index contributed by atoms with van der Waals surface area (Å²) in [5.74, 6) is 0. The molecule has 2 N–H and O–H groups in total. The van der Waals surface area contributed by atoms with Crippen LogP contribution in [0.25, 0.3) is 0 Å². The third-order valence-electron chi connectivity index (χ3n) is 3.16. The summed E-state index contributed by atoms with van der Waals surface area (Å²) in [6.07, 6.45) is 2.58. The van der Waals surface area contributed by atoms with E-state index in [0.29, 0.717) is 0 Å². The maximum atomic E-state index is 9.12. The molecule has 0 aromatic heterocycles. The number of benzene rings is 1. The Morgan fingerprint density at radius 2 is 2.11 bits per heavy atom. The summed E-state index contributed by atoms with van der Waals surface area (Å²) in [5.41, 5.74) is 1.00. The zero-order chi connectivity index (χ0) is 14.3. The minimum atomic E-state index is -0.464. The SMILES string of the molecule is CC(C)(CO)c1cccc(Br)c1.OC1CCCCO1. The van der Waals surface area contributed by atoms with Crippen LogP contribution in [0.2, 0.25) is 0 Å². The van der Waals surface area contributed by atoms with Crippen molar-refractivity contribution in [1.29, 1.82) is 0 Å². The van der Waals surface area contributed by atoms with Crippen LogP contribution >= 0.6 is 15.9 Å². The highest BCUT2D eigenvalue weighted by atomic mass is 79.9. The minimum absolute atomic E-state index is 0.149. The summed E-state index contributed by atoms with van der Waals surface area (Å²) in [6.45, 7) is 4.95. The number of ether oxygens (including phenoxy) is 1. The molecule has 19 heavy (non-hydrogen) atoms. The number of aliphatic hydroxyl groups excluding tert-OH is 2. The molecule has 1 aliphatic rings. The van der Waals surface area contributed by atoms with Gasteiger partial charge in [-0.25, -0.2) is 0 Å². The van der Waals surface area contributed by atoms with Crippen molar-refractivity contribution in [2.24, 2.45) is 0 Å². The lowest BCUT2D eigenvalue weighted by atomic mass is 9.86. The molecule has 0 aliphatic carbocycles. The van der Waals surface area contributed by atoms with Crippen LogP contribution in [0.15, 0.2) is 28.7 Å². The Bertz CT molecular complexity index is 373. The van der Waals surface area contributed by atoms with E-state index in [2.05, 4.69) is 15.9 Å². The Balaban J connectivity index is 0.000000218. The van der Waals surface area contributed by atoms with Crippen LogP contribution in [-0.2, 0) is 10.2 Å². The predicted molar refractivity (Wildman–Crippen MR) is 80.1 cm³/mol. The van der Waals surface area contributed by atoms with Crippen molar-refractivity contribution in [2.75, 3.05) is 13.2 Å². The van der Waals surface area contributed by atoms with Gasteiger partial charge in [0.25, 0.3) is 0 Å². The maximum Gasteiger partial charge on any atom is 0.154 e. The van der Waals surface area contributed by atoms with Crippen molar-refractivity contribution in [3.05, 3.63) is 34.3 Å². The molecule has 1 fully saturated rings. The van der Waals surface area contributed by atoms with Gasteiger partial charge >= 0.3 is 0 Å². The van der Waals surface area contributed by atoms with Gasteiger partial charge in [-0.3, -0.25) is 0 Å². The molecule has 1 atom stereocenters. The Labute approximate surface area is 123 Å². The van der Waals surface area contributed by atoms with Gasteiger partial charge in [0.05, 0.1) is 6.61 Å². The van der Waals surface area contributed by atoms with Gasteiger partial charge in [-0.05, 0) is 37.0 Å². The summed E-state index contributed by atoms with van der Waals surface area (Å²) < 4.78 is 5.89. The lowest BCUT2D eigenvalue weighted by Gasteiger charge is -2.22. The minimum Gasteiger partial charge on any atom is -0.395 e. The second-order valence-corrected chi connectivity index (χ2v) is 6.29. The van der Waals surface area contributed by atoms with Gasteiger partial charge in [0.2, 0.25) is 0 Å². The fourth-order valence-electron chi connectivity index (χ4n) is 1.72. The fraction of sp³-hybridized carbons (Fsp3) is 0.600. The number of hydrogen-bond acceptors (Lipinski definition) is 3. The van der Waals surface area contributed by atoms with E-state index in [1.807, 2.05) is 38.1 Å². The highest BCUT2D eigenvalue weighted by Gasteiger charge is 2.18. The fourth-order valence-corrected chi connectivity index (χ4v) is 2.12. The quantitative estimate of drug-likeness (QED) is 0.875. The molecule has 108 valence electrons. The first-order valence-electron chi connectivity index (χ1n) is 6.62. The van der Waals surface area contributed by atoms with E-state index in [0.717, 1.165) is 35.9 Å². The Morgan fingerprint density at radius 3 is 2.53 bits per heavy atom. The second-order valence-electron chi connectivity index (χ2n) is 5.37. The first-order valence-corrected chi connectivity index (χ1v) is 7.41. The van der Waals surface area contributed by atoms with Crippen LogP contribution in [0.4, 0.5) is 0 Å². The van der Waals surface area contributed by atoms with E-state index in [4.69, 9.17) is 14.9 Å². The molecular weight excluding hydrogens is 308 g/mol. The molecule has 1 unspecified atom stereocenters. The molecule has 0 saturated carbocycles. The smallest absolute Gasteiger partial charge is 0.154 e. The molecule has 1 heterocycles. The van der Waals surface area contributed by atoms with Crippen molar-refractivity contribution in [3.8, 4) is 0 Å². The lowest BCUT2D eigenvalue weighted by molar-refractivity contribution is -0.123. The van der Waals surface area contributed by atoms with Crippen molar-refractivity contribution >= 4 is 15.9 Å². The van der Waals surface area contributed by atoms with Crippen LogP contribution in [0.3, 0.4) is 0 Å². The maximum absolute atomic E-state index is 9.12. The molecule has 4 heteroatoms. The number of aliphatic hydroxyl groups is 2. The van der Waals surface area contributed by atoms with E-state index < -0.39 is 6.29 Å². The number of halogens is 1. The van der Waals surface area contributed by atoms with Crippen LogP contribution < -0.4 is 0 Å². The summed E-state index contributed by atoms with van der Waals surface area (Å²) in [6, 6.07) is 8.03. The van der Waals surface area contributed by atoms with Gasteiger partial charge in [-0.15, -0.1) is 0 Å². The van der Waals surface area contributed by atoms with E-state index in [-0.39, 0.29) is 12.0 Å². The van der Waals surface area contributed by atoms with Gasteiger partial charge < -0.3 is 14.9 Å². The van der Waals surface area contributed by atoms with Gasteiger partial charge in [-0.2, -0.15) is 0 Å². The van der Waals surface area contributed by atoms with Crippen molar-refractivity contribution < 1.29 is 14.9 Å². The van der Waals surface area contributed by atoms with Crippen LogP contribution in [0.1, 0.15) is 38.7 Å². The van der Waals surface area contributed by atoms with Crippen molar-refractivity contribution in [2.45, 2.75) is 44.8 Å². The molecule has 0 radical (unpaired) electrons. The van der Waals surface area contributed by atoms with Crippen molar-refractivity contribution in [3.63, 3.8) is 0 Å². The number of hydrogen-bond donors (Lipinski definition) is 2. The standard InChI is InChI=1S/C10H13BrO.C5H10O2/c1-10(2,7-12)8-4-3-5-9(11)6-8;6-5-3-1-2-4-7-5/h3-6,12H,7H2,1-2H3;5-6H,1-4H2. The normalized spacial score (nSPS) is 19.5. The van der Waals surface area contributed by atoms with E-state index in [9.17, 15) is 0 Å². The van der Waals surface area contributed by atoms with Crippen LogP contribution in [0, 0.1) is 0 Å². The van der Waals surface area contributed by atoms with Crippen LogP contribution in [-0.4, -0.2) is 29.7 Å². The molecule has 1 aliphatic heterocycles. The molecule has 1 aromatic rings. The molecule has 3 nitrogen and oxygen atoms in total. The second kappa shape index (κ2) is 8.00. The topological polar surface area (TPSA) is 49.7 Å². The molecule has 0 spiro atoms. The van der Waals surface area contributed by atoms with Gasteiger partial charge in [0, 0.05) is 16.5 Å². The van der Waals surface area contributed by atoms with E-state index in [1.165, 1.54) is 0 Å². The predicted octanol–water partition coefficient (Wildman–Crippen LogP) is 3.22. The summed E-state index contributed by atoms with van der Waals surface area (Å²) in [4.78, 5) is 0. The first kappa shape index (κ1) is 16.6. The highest BCUT2D eigenvalue weighted by Crippen LogP contribution is 2.24. The first-order chi connectivity index (χ1) is 8.95. The zero-order valence-corrected chi connectivity index (χ0v) is 13.2. The van der Waals surface area contributed by atoms with E-state index in [1.54, 1.807) is 0 Å². The summed E-state index contributed by atoms with van der Waals surface area (Å²) in [5, 5.41) is 17.8. The number of rotatable bonds is 2. The molecule has 2 rings (SSSR count). The largest absolute Gasteiger partial charge is 0.395 e. The average molecular weight is 331 g/mol. The average Bonchev–Trinajstić information content (AvgIpc) is 2.40. The summed E-state index contributed by atoms with van der Waals surface area (Å²) in [7, 11) is 0. The third-order valence-corrected chi connectivity index (χ3v) is 3.65. The lowest BCUT2D eigenvalue weighted by Crippen LogP contribution is -2.21. The monoisotopic (exact) mass is 330 g/mol. The van der Waals surface area contributed by atoms with E-state index >= 15 is 0 Å². The van der Waals surface area contributed by atoms with Gasteiger partial charge in [0.15, 0.2) is 6.29 Å². The Morgan fingerprint density at radius 1 is 1.37 bits per heavy atom. The van der Waals surface area contributed by atoms with Crippen molar-refractivity contribution in [1.82, 2.24) is 0 Å². The molecule has 0 bridgehead atoms. The Kier molecular flexibility index (Phi) is 7.00. The molecular formula is C15H23BrO3. The zero-order valence-electron chi connectivity index (χ0n) is 11.6.